The van der Waals surface area contributed by atoms with E-state index in [0.717, 1.165) is 9.54 Å². The molecule has 0 aliphatic carbocycles. The highest BCUT2D eigenvalue weighted by atomic mass is 32.2. The standard InChI is InChI=1S/C26H19N3O5S/c1-17-6-12-22(13-7-17)35(33,34)29-16-20(23-4-2-3-5-24(23)29)14-19(15-27)25(30)28-21-10-8-18(9-11-21)26(31)32/h2-14,16H,1H3,(H,28,30)(H,31,32)/b19-14+. The lowest BCUT2D eigenvalue weighted by atomic mass is 10.1. The van der Waals surface area contributed by atoms with Crippen LogP contribution in [0.1, 0.15) is 21.5 Å². The van der Waals surface area contributed by atoms with Crippen molar-refractivity contribution in [3.63, 3.8) is 0 Å². The normalized spacial score (nSPS) is 11.7. The first-order chi connectivity index (χ1) is 16.7. The van der Waals surface area contributed by atoms with E-state index in [-0.39, 0.29) is 16.0 Å². The number of para-hydroxylation sites is 1. The number of nitriles is 1. The van der Waals surface area contributed by atoms with Crippen molar-refractivity contribution in [3.05, 3.63) is 101 Å². The summed E-state index contributed by atoms with van der Waals surface area (Å²) in [5.74, 6) is -1.81. The molecule has 174 valence electrons. The maximum absolute atomic E-state index is 13.3. The number of hydrogen-bond acceptors (Lipinski definition) is 5. The second kappa shape index (κ2) is 9.29. The van der Waals surface area contributed by atoms with Gasteiger partial charge in [0, 0.05) is 22.8 Å². The van der Waals surface area contributed by atoms with Crippen molar-refractivity contribution in [2.45, 2.75) is 11.8 Å². The van der Waals surface area contributed by atoms with E-state index in [1.54, 1.807) is 36.4 Å². The molecule has 0 saturated carbocycles. The number of aryl methyl sites for hydroxylation is 1. The van der Waals surface area contributed by atoms with Gasteiger partial charge in [0.1, 0.15) is 11.6 Å². The molecule has 1 amide bonds. The molecule has 8 nitrogen and oxygen atoms in total. The lowest BCUT2D eigenvalue weighted by molar-refractivity contribution is -0.112. The SMILES string of the molecule is Cc1ccc(S(=O)(=O)n2cc(/C=C(\C#N)C(=O)Nc3ccc(C(=O)O)cc3)c3ccccc32)cc1. The fraction of sp³-hybridized carbons (Fsp3) is 0.0385. The Morgan fingerprint density at radius 2 is 1.66 bits per heavy atom. The van der Waals surface area contributed by atoms with Gasteiger partial charge in [0.2, 0.25) is 0 Å². The van der Waals surface area contributed by atoms with Crippen LogP contribution in [-0.2, 0) is 14.8 Å². The maximum atomic E-state index is 13.3. The molecule has 0 atom stereocenters. The molecule has 0 saturated heterocycles. The van der Waals surface area contributed by atoms with Crippen LogP contribution in [0.3, 0.4) is 0 Å². The average molecular weight is 486 g/mol. The van der Waals surface area contributed by atoms with Crippen LogP contribution in [0, 0.1) is 18.3 Å². The summed E-state index contributed by atoms with van der Waals surface area (Å²) >= 11 is 0. The van der Waals surface area contributed by atoms with Crippen molar-refractivity contribution in [1.82, 2.24) is 3.97 Å². The molecule has 0 radical (unpaired) electrons. The number of carbonyl (C=O) groups is 2. The predicted octanol–water partition coefficient (Wildman–Crippen LogP) is 4.43. The summed E-state index contributed by atoms with van der Waals surface area (Å²) in [4.78, 5) is 23.8. The Hall–Kier alpha value is -4.68. The van der Waals surface area contributed by atoms with Gasteiger partial charge in [-0.25, -0.2) is 17.2 Å². The third-order valence-corrected chi connectivity index (χ3v) is 7.03. The molecule has 0 aliphatic heterocycles. The van der Waals surface area contributed by atoms with Gasteiger partial charge in [-0.1, -0.05) is 35.9 Å². The number of carboxylic acid groups (broad SMARTS) is 1. The van der Waals surface area contributed by atoms with Gasteiger partial charge in [0.05, 0.1) is 16.0 Å². The van der Waals surface area contributed by atoms with E-state index in [1.807, 2.05) is 13.0 Å². The first-order valence-corrected chi connectivity index (χ1v) is 11.8. The van der Waals surface area contributed by atoms with Crippen molar-refractivity contribution in [1.29, 1.82) is 5.26 Å². The molecule has 0 aliphatic rings. The van der Waals surface area contributed by atoms with Crippen LogP contribution in [0.5, 0.6) is 0 Å². The second-order valence-corrected chi connectivity index (χ2v) is 9.54. The highest BCUT2D eigenvalue weighted by Crippen LogP contribution is 2.28. The summed E-state index contributed by atoms with van der Waals surface area (Å²) in [5.41, 5.74) is 1.83. The first-order valence-electron chi connectivity index (χ1n) is 10.4. The number of amides is 1. The van der Waals surface area contributed by atoms with Gasteiger partial charge >= 0.3 is 5.97 Å². The van der Waals surface area contributed by atoms with Gasteiger partial charge in [-0.2, -0.15) is 5.26 Å². The van der Waals surface area contributed by atoms with E-state index in [2.05, 4.69) is 5.32 Å². The lowest BCUT2D eigenvalue weighted by Crippen LogP contribution is -2.13. The molecule has 0 spiro atoms. The fourth-order valence-electron chi connectivity index (χ4n) is 3.51. The number of anilines is 1. The number of aromatic nitrogens is 1. The Kier molecular flexibility index (Phi) is 6.23. The van der Waals surface area contributed by atoms with E-state index in [4.69, 9.17) is 5.11 Å². The van der Waals surface area contributed by atoms with Crippen molar-refractivity contribution in [2.75, 3.05) is 5.32 Å². The number of aromatic carboxylic acids is 1. The topological polar surface area (TPSA) is 129 Å². The molecular formula is C26H19N3O5S. The predicted molar refractivity (Wildman–Crippen MR) is 131 cm³/mol. The van der Waals surface area contributed by atoms with Crippen LogP contribution >= 0.6 is 0 Å². The Labute approximate surface area is 201 Å². The number of hydrogen-bond donors (Lipinski definition) is 2. The van der Waals surface area contributed by atoms with Gasteiger partial charge in [0.25, 0.3) is 15.9 Å². The molecule has 0 fully saturated rings. The summed E-state index contributed by atoms with van der Waals surface area (Å²) in [6.45, 7) is 1.86. The Balaban J connectivity index is 1.73. The number of fused-ring (bicyclic) bond motifs is 1. The maximum Gasteiger partial charge on any atom is 0.335 e. The zero-order valence-electron chi connectivity index (χ0n) is 18.5. The number of carbonyl (C=O) groups excluding carboxylic acids is 1. The quantitative estimate of drug-likeness (QED) is 0.307. The lowest BCUT2D eigenvalue weighted by Gasteiger charge is -2.07. The third-order valence-electron chi connectivity index (χ3n) is 5.34. The summed E-state index contributed by atoms with van der Waals surface area (Å²) < 4.78 is 27.8. The van der Waals surface area contributed by atoms with Crippen LogP contribution < -0.4 is 5.32 Å². The molecule has 9 heteroatoms. The largest absolute Gasteiger partial charge is 0.478 e. The van der Waals surface area contributed by atoms with Crippen LogP contribution in [0.15, 0.2) is 89.5 Å². The van der Waals surface area contributed by atoms with Crippen LogP contribution in [0.25, 0.3) is 17.0 Å². The molecule has 1 aromatic heterocycles. The van der Waals surface area contributed by atoms with Gasteiger partial charge in [-0.05, 0) is 55.5 Å². The third kappa shape index (κ3) is 4.69. The molecule has 35 heavy (non-hydrogen) atoms. The molecule has 4 rings (SSSR count). The number of carboxylic acids is 1. The minimum absolute atomic E-state index is 0.0571. The molecule has 2 N–H and O–H groups in total. The Morgan fingerprint density at radius 3 is 2.29 bits per heavy atom. The Morgan fingerprint density at radius 1 is 1.00 bits per heavy atom. The monoisotopic (exact) mass is 485 g/mol. The van der Waals surface area contributed by atoms with Crippen LogP contribution in [0.2, 0.25) is 0 Å². The van der Waals surface area contributed by atoms with Crippen molar-refractivity contribution >= 4 is 44.6 Å². The van der Waals surface area contributed by atoms with E-state index in [0.29, 0.717) is 22.2 Å². The number of nitrogens with one attached hydrogen (secondary N) is 1. The number of rotatable bonds is 6. The van der Waals surface area contributed by atoms with E-state index < -0.39 is 21.9 Å². The molecule has 3 aromatic carbocycles. The summed E-state index contributed by atoms with van der Waals surface area (Å²) in [6, 6.07) is 20.6. The van der Waals surface area contributed by atoms with Crippen molar-refractivity contribution in [2.24, 2.45) is 0 Å². The molecule has 4 aromatic rings. The summed E-state index contributed by atoms with van der Waals surface area (Å²) in [6.07, 6.45) is 2.70. The van der Waals surface area contributed by atoms with Crippen molar-refractivity contribution in [3.8, 4) is 6.07 Å². The highest BCUT2D eigenvalue weighted by molar-refractivity contribution is 7.90. The zero-order valence-corrected chi connectivity index (χ0v) is 19.3. The average Bonchev–Trinajstić information content (AvgIpc) is 3.22. The van der Waals surface area contributed by atoms with Gasteiger partial charge in [-0.3, -0.25) is 4.79 Å². The van der Waals surface area contributed by atoms with E-state index in [1.165, 1.54) is 48.7 Å². The fourth-order valence-corrected chi connectivity index (χ4v) is 4.89. The molecule has 0 bridgehead atoms. The zero-order chi connectivity index (χ0) is 25.2. The smallest absolute Gasteiger partial charge is 0.335 e. The van der Waals surface area contributed by atoms with Crippen LogP contribution in [0.4, 0.5) is 5.69 Å². The van der Waals surface area contributed by atoms with E-state index >= 15 is 0 Å². The number of benzene rings is 3. The number of nitrogens with zero attached hydrogens (tertiary/aromatic N) is 2. The van der Waals surface area contributed by atoms with Crippen molar-refractivity contribution < 1.29 is 23.1 Å². The summed E-state index contributed by atoms with van der Waals surface area (Å²) in [7, 11) is -3.93. The highest BCUT2D eigenvalue weighted by Gasteiger charge is 2.21. The van der Waals surface area contributed by atoms with Gasteiger partial charge in [-0.15, -0.1) is 0 Å². The summed E-state index contributed by atoms with van der Waals surface area (Å²) in [5, 5.41) is 21.7. The van der Waals surface area contributed by atoms with Crippen LogP contribution in [-0.4, -0.2) is 29.4 Å². The Bertz CT molecular complexity index is 1630. The molecular weight excluding hydrogens is 466 g/mol. The first kappa shape index (κ1) is 23.5. The second-order valence-electron chi connectivity index (χ2n) is 7.72. The van der Waals surface area contributed by atoms with Gasteiger partial charge < -0.3 is 10.4 Å². The minimum atomic E-state index is -3.93. The molecule has 1 heterocycles. The van der Waals surface area contributed by atoms with E-state index in [9.17, 15) is 23.3 Å². The van der Waals surface area contributed by atoms with Gasteiger partial charge in [0.15, 0.2) is 0 Å². The molecule has 0 unspecified atom stereocenters. The minimum Gasteiger partial charge on any atom is -0.478 e.